The van der Waals surface area contributed by atoms with Crippen molar-refractivity contribution in [1.82, 2.24) is 19.0 Å². The number of likely N-dealkylation sites (tertiary alicyclic amines) is 1. The van der Waals surface area contributed by atoms with E-state index in [0.29, 0.717) is 25.6 Å². The van der Waals surface area contributed by atoms with Crippen molar-refractivity contribution < 1.29 is 9.53 Å². The summed E-state index contributed by atoms with van der Waals surface area (Å²) in [6.07, 6.45) is 2.91. The zero-order valence-electron chi connectivity index (χ0n) is 18.7. The Bertz CT molecular complexity index is 1140. The standard InChI is InChI=1S/C24H30N4O3/c1-16-12-17(2)14-20(13-16)31-18(3)23(29)27-10-7-19(8-11-27)15-28-22-21(6-5-9-25-22)26(4)24(28)30/h5-6,9,12-14,18-19H,7-8,10-11,15H2,1-4H3. The molecule has 31 heavy (non-hydrogen) atoms. The molecule has 1 aliphatic heterocycles. The number of carbonyl (C=O) groups excluding carboxylic acids is 1. The monoisotopic (exact) mass is 422 g/mol. The predicted octanol–water partition coefficient (Wildman–Crippen LogP) is 3.06. The van der Waals surface area contributed by atoms with Crippen LogP contribution in [0, 0.1) is 19.8 Å². The Balaban J connectivity index is 1.37. The first-order chi connectivity index (χ1) is 14.8. The van der Waals surface area contributed by atoms with Crippen LogP contribution in [0.1, 0.15) is 30.9 Å². The Morgan fingerprint density at radius 3 is 2.55 bits per heavy atom. The maximum Gasteiger partial charge on any atom is 0.330 e. The molecule has 1 atom stereocenters. The van der Waals surface area contributed by atoms with Crippen molar-refractivity contribution in [3.8, 4) is 5.75 Å². The SMILES string of the molecule is Cc1cc(C)cc(OC(C)C(=O)N2CCC(Cn3c(=O)n(C)c4cccnc43)CC2)c1. The Morgan fingerprint density at radius 2 is 1.87 bits per heavy atom. The van der Waals surface area contributed by atoms with Gasteiger partial charge in [-0.05, 0) is 74.9 Å². The van der Waals surface area contributed by atoms with E-state index < -0.39 is 6.10 Å². The summed E-state index contributed by atoms with van der Waals surface area (Å²) in [5, 5.41) is 0. The summed E-state index contributed by atoms with van der Waals surface area (Å²) in [7, 11) is 1.78. The number of carbonyl (C=O) groups is 1. The second-order valence-corrected chi connectivity index (χ2v) is 8.65. The van der Waals surface area contributed by atoms with Crippen molar-refractivity contribution >= 4 is 17.1 Å². The number of hydrogen-bond acceptors (Lipinski definition) is 4. The van der Waals surface area contributed by atoms with Crippen LogP contribution in [0.3, 0.4) is 0 Å². The van der Waals surface area contributed by atoms with Gasteiger partial charge in [-0.25, -0.2) is 9.78 Å². The summed E-state index contributed by atoms with van der Waals surface area (Å²) in [5.41, 5.74) is 3.77. The Morgan fingerprint density at radius 1 is 1.19 bits per heavy atom. The lowest BCUT2D eigenvalue weighted by molar-refractivity contribution is -0.139. The largest absolute Gasteiger partial charge is 0.481 e. The van der Waals surface area contributed by atoms with Gasteiger partial charge in [0.15, 0.2) is 11.8 Å². The molecule has 0 saturated carbocycles. The van der Waals surface area contributed by atoms with E-state index in [2.05, 4.69) is 11.1 Å². The summed E-state index contributed by atoms with van der Waals surface area (Å²) in [5.74, 6) is 1.09. The van der Waals surface area contributed by atoms with E-state index in [1.54, 1.807) is 22.4 Å². The number of ether oxygens (including phenoxy) is 1. The molecule has 0 aliphatic carbocycles. The molecule has 0 N–H and O–H groups in total. The van der Waals surface area contributed by atoms with Crippen LogP contribution in [0.2, 0.25) is 0 Å². The number of nitrogens with zero attached hydrogens (tertiary/aromatic N) is 4. The fraction of sp³-hybridized carbons (Fsp3) is 0.458. The van der Waals surface area contributed by atoms with E-state index in [4.69, 9.17) is 4.74 Å². The minimum Gasteiger partial charge on any atom is -0.481 e. The smallest absolute Gasteiger partial charge is 0.330 e. The fourth-order valence-electron chi connectivity index (χ4n) is 4.50. The van der Waals surface area contributed by atoms with Gasteiger partial charge < -0.3 is 9.64 Å². The number of pyridine rings is 1. The van der Waals surface area contributed by atoms with Crippen LogP contribution in [0.5, 0.6) is 5.75 Å². The van der Waals surface area contributed by atoms with Gasteiger partial charge in [0.05, 0.1) is 5.52 Å². The van der Waals surface area contributed by atoms with Crippen LogP contribution in [0.15, 0.2) is 41.3 Å². The summed E-state index contributed by atoms with van der Waals surface area (Å²) < 4.78 is 9.35. The summed E-state index contributed by atoms with van der Waals surface area (Å²) >= 11 is 0. The highest BCUT2D eigenvalue weighted by molar-refractivity contribution is 5.81. The molecule has 164 valence electrons. The van der Waals surface area contributed by atoms with Gasteiger partial charge in [0.1, 0.15) is 5.75 Å². The fourth-order valence-corrected chi connectivity index (χ4v) is 4.50. The zero-order chi connectivity index (χ0) is 22.1. The molecule has 3 aromatic rings. The lowest BCUT2D eigenvalue weighted by atomic mass is 9.96. The number of benzene rings is 1. The minimum absolute atomic E-state index is 0.0154. The topological polar surface area (TPSA) is 69.4 Å². The third-order valence-corrected chi connectivity index (χ3v) is 6.12. The average Bonchev–Trinajstić information content (AvgIpc) is 2.98. The third-order valence-electron chi connectivity index (χ3n) is 6.12. The lowest BCUT2D eigenvalue weighted by Crippen LogP contribution is -2.45. The maximum absolute atomic E-state index is 12.9. The molecule has 0 bridgehead atoms. The van der Waals surface area contributed by atoms with Gasteiger partial charge in [0.2, 0.25) is 0 Å². The average molecular weight is 423 g/mol. The van der Waals surface area contributed by atoms with Crippen LogP contribution in [-0.4, -0.2) is 44.1 Å². The molecule has 1 fully saturated rings. The van der Waals surface area contributed by atoms with E-state index in [9.17, 15) is 9.59 Å². The number of hydrogen-bond donors (Lipinski definition) is 0. The van der Waals surface area contributed by atoms with E-state index in [1.807, 2.05) is 49.9 Å². The number of amides is 1. The molecule has 7 heteroatoms. The van der Waals surface area contributed by atoms with E-state index in [1.165, 1.54) is 0 Å². The van der Waals surface area contributed by atoms with Gasteiger partial charge >= 0.3 is 5.69 Å². The number of rotatable bonds is 5. The second-order valence-electron chi connectivity index (χ2n) is 8.65. The third kappa shape index (κ3) is 4.36. The van der Waals surface area contributed by atoms with Gasteiger partial charge in [-0.2, -0.15) is 0 Å². The van der Waals surface area contributed by atoms with Crippen LogP contribution in [0.25, 0.3) is 11.2 Å². The molecule has 0 spiro atoms. The van der Waals surface area contributed by atoms with Gasteiger partial charge in [-0.15, -0.1) is 0 Å². The minimum atomic E-state index is -0.525. The molecule has 2 aromatic heterocycles. The van der Waals surface area contributed by atoms with E-state index in [-0.39, 0.29) is 11.6 Å². The Labute approximate surface area is 182 Å². The highest BCUT2D eigenvalue weighted by Crippen LogP contribution is 2.23. The number of aromatic nitrogens is 3. The van der Waals surface area contributed by atoms with Crippen molar-refractivity contribution in [1.29, 1.82) is 0 Å². The zero-order valence-corrected chi connectivity index (χ0v) is 18.7. The molecular weight excluding hydrogens is 392 g/mol. The van der Waals surface area contributed by atoms with Crippen LogP contribution >= 0.6 is 0 Å². The van der Waals surface area contributed by atoms with Crippen molar-refractivity contribution in [2.45, 2.75) is 46.3 Å². The molecule has 1 saturated heterocycles. The van der Waals surface area contributed by atoms with Crippen molar-refractivity contribution in [2.75, 3.05) is 13.1 Å². The molecule has 1 aliphatic rings. The van der Waals surface area contributed by atoms with Gasteiger partial charge in [-0.1, -0.05) is 6.07 Å². The lowest BCUT2D eigenvalue weighted by Gasteiger charge is -2.33. The maximum atomic E-state index is 12.9. The quantitative estimate of drug-likeness (QED) is 0.634. The Kier molecular flexibility index (Phi) is 5.85. The van der Waals surface area contributed by atoms with E-state index in [0.717, 1.165) is 40.9 Å². The first-order valence-corrected chi connectivity index (χ1v) is 10.9. The molecule has 7 nitrogen and oxygen atoms in total. The van der Waals surface area contributed by atoms with Crippen molar-refractivity contribution in [3.05, 3.63) is 58.1 Å². The van der Waals surface area contributed by atoms with Crippen molar-refractivity contribution in [3.63, 3.8) is 0 Å². The van der Waals surface area contributed by atoms with Gasteiger partial charge in [0.25, 0.3) is 5.91 Å². The van der Waals surface area contributed by atoms with Crippen molar-refractivity contribution in [2.24, 2.45) is 13.0 Å². The molecule has 0 radical (unpaired) electrons. The normalized spacial score (nSPS) is 15.9. The number of piperidine rings is 1. The van der Waals surface area contributed by atoms with Gasteiger partial charge in [-0.3, -0.25) is 13.9 Å². The molecule has 3 heterocycles. The predicted molar refractivity (Wildman–Crippen MR) is 120 cm³/mol. The van der Waals surface area contributed by atoms with Crippen LogP contribution in [0.4, 0.5) is 0 Å². The number of fused-ring (bicyclic) bond motifs is 1. The molecular formula is C24H30N4O3. The van der Waals surface area contributed by atoms with Crippen LogP contribution in [-0.2, 0) is 18.4 Å². The van der Waals surface area contributed by atoms with Gasteiger partial charge in [0, 0.05) is 32.9 Å². The first kappa shape index (κ1) is 21.2. The molecule has 1 amide bonds. The molecule has 1 aromatic carbocycles. The first-order valence-electron chi connectivity index (χ1n) is 10.9. The summed E-state index contributed by atoms with van der Waals surface area (Å²) in [6.45, 7) is 7.84. The number of aryl methyl sites for hydroxylation is 3. The second kappa shape index (κ2) is 8.57. The Hall–Kier alpha value is -3.09. The van der Waals surface area contributed by atoms with Crippen LogP contribution < -0.4 is 10.4 Å². The summed E-state index contributed by atoms with van der Waals surface area (Å²) in [6, 6.07) is 9.76. The highest BCUT2D eigenvalue weighted by Gasteiger charge is 2.28. The number of imidazole rings is 1. The highest BCUT2D eigenvalue weighted by atomic mass is 16.5. The van der Waals surface area contributed by atoms with E-state index >= 15 is 0 Å². The molecule has 1 unspecified atom stereocenters. The molecule has 4 rings (SSSR count). The summed E-state index contributed by atoms with van der Waals surface area (Å²) in [4.78, 5) is 31.8.